The first-order chi connectivity index (χ1) is 8.58. The van der Waals surface area contributed by atoms with Crippen LogP contribution in [0.2, 0.25) is 0 Å². The van der Waals surface area contributed by atoms with Gasteiger partial charge in [-0.1, -0.05) is 6.07 Å². The molecule has 2 N–H and O–H groups in total. The van der Waals surface area contributed by atoms with E-state index in [4.69, 9.17) is 5.11 Å². The number of aromatic nitrogens is 1. The molecular formula is C13H11FN2O2. The minimum Gasteiger partial charge on any atom is -0.478 e. The second-order valence-electron chi connectivity index (χ2n) is 3.79. The highest BCUT2D eigenvalue weighted by Gasteiger charge is 2.10. The predicted octanol–water partition coefficient (Wildman–Crippen LogP) is 2.97. The zero-order valence-corrected chi connectivity index (χ0v) is 9.64. The second-order valence-corrected chi connectivity index (χ2v) is 3.79. The molecule has 5 heteroatoms. The number of benzene rings is 1. The van der Waals surface area contributed by atoms with Crippen molar-refractivity contribution in [1.82, 2.24) is 4.98 Å². The molecule has 0 radical (unpaired) electrons. The Morgan fingerprint density at radius 3 is 2.83 bits per heavy atom. The number of hydrogen-bond donors (Lipinski definition) is 2. The van der Waals surface area contributed by atoms with Gasteiger partial charge in [0.15, 0.2) is 0 Å². The fourth-order valence-corrected chi connectivity index (χ4v) is 1.48. The lowest BCUT2D eigenvalue weighted by molar-refractivity contribution is 0.0697. The van der Waals surface area contributed by atoms with E-state index in [0.717, 1.165) is 0 Å². The smallest absolute Gasteiger partial charge is 0.339 e. The van der Waals surface area contributed by atoms with E-state index in [1.807, 2.05) is 0 Å². The SMILES string of the molecule is Cc1ccc(Nc2ncccc2C(=O)O)cc1F. The summed E-state index contributed by atoms with van der Waals surface area (Å²) in [5.74, 6) is -1.25. The third-order valence-electron chi connectivity index (χ3n) is 2.47. The van der Waals surface area contributed by atoms with Gasteiger partial charge in [-0.3, -0.25) is 0 Å². The van der Waals surface area contributed by atoms with Gasteiger partial charge >= 0.3 is 5.97 Å². The number of aryl methyl sites for hydroxylation is 1. The van der Waals surface area contributed by atoms with E-state index < -0.39 is 5.97 Å². The van der Waals surface area contributed by atoms with Crippen LogP contribution in [0, 0.1) is 12.7 Å². The van der Waals surface area contributed by atoms with E-state index in [1.54, 1.807) is 19.1 Å². The number of nitrogens with zero attached hydrogens (tertiary/aromatic N) is 1. The Bertz CT molecular complexity index is 599. The molecule has 0 aliphatic carbocycles. The Morgan fingerprint density at radius 1 is 1.39 bits per heavy atom. The Labute approximate surface area is 103 Å². The Balaban J connectivity index is 2.34. The van der Waals surface area contributed by atoms with Crippen LogP contribution in [0.4, 0.5) is 15.9 Å². The van der Waals surface area contributed by atoms with Gasteiger partial charge in [0.2, 0.25) is 0 Å². The van der Waals surface area contributed by atoms with Gasteiger partial charge in [-0.2, -0.15) is 0 Å². The molecule has 0 saturated carbocycles. The van der Waals surface area contributed by atoms with Crippen molar-refractivity contribution in [2.24, 2.45) is 0 Å². The molecule has 0 aliphatic heterocycles. The maximum absolute atomic E-state index is 13.4. The van der Waals surface area contributed by atoms with Gasteiger partial charge in [0.05, 0.1) is 0 Å². The minimum atomic E-state index is -1.09. The van der Waals surface area contributed by atoms with Gasteiger partial charge in [0, 0.05) is 11.9 Å². The third-order valence-corrected chi connectivity index (χ3v) is 2.47. The molecule has 0 amide bonds. The highest BCUT2D eigenvalue weighted by Crippen LogP contribution is 2.20. The largest absolute Gasteiger partial charge is 0.478 e. The second kappa shape index (κ2) is 4.83. The monoisotopic (exact) mass is 246 g/mol. The number of aromatic carboxylic acids is 1. The summed E-state index contributed by atoms with van der Waals surface area (Å²) in [4.78, 5) is 14.9. The first-order valence-electron chi connectivity index (χ1n) is 5.29. The summed E-state index contributed by atoms with van der Waals surface area (Å²) in [5.41, 5.74) is 1.03. The number of pyridine rings is 1. The van der Waals surface area contributed by atoms with Crippen molar-refractivity contribution in [2.75, 3.05) is 5.32 Å². The van der Waals surface area contributed by atoms with Crippen molar-refractivity contribution >= 4 is 17.5 Å². The van der Waals surface area contributed by atoms with E-state index >= 15 is 0 Å². The number of anilines is 2. The molecule has 0 atom stereocenters. The first kappa shape index (κ1) is 12.0. The van der Waals surface area contributed by atoms with Crippen molar-refractivity contribution in [3.8, 4) is 0 Å². The van der Waals surface area contributed by atoms with E-state index in [2.05, 4.69) is 10.3 Å². The lowest BCUT2D eigenvalue weighted by atomic mass is 10.2. The summed E-state index contributed by atoms with van der Waals surface area (Å²) < 4.78 is 13.4. The van der Waals surface area contributed by atoms with Crippen molar-refractivity contribution in [2.45, 2.75) is 6.92 Å². The number of nitrogens with one attached hydrogen (secondary N) is 1. The van der Waals surface area contributed by atoms with Crippen LogP contribution in [0.25, 0.3) is 0 Å². The molecule has 2 rings (SSSR count). The van der Waals surface area contributed by atoms with Crippen molar-refractivity contribution < 1.29 is 14.3 Å². The van der Waals surface area contributed by atoms with Gasteiger partial charge < -0.3 is 10.4 Å². The summed E-state index contributed by atoms with van der Waals surface area (Å²) in [5, 5.41) is 11.8. The zero-order valence-electron chi connectivity index (χ0n) is 9.64. The highest BCUT2D eigenvalue weighted by molar-refractivity contribution is 5.93. The average molecular weight is 246 g/mol. The Morgan fingerprint density at radius 2 is 2.17 bits per heavy atom. The molecule has 2 aromatic rings. The Hall–Kier alpha value is -2.43. The van der Waals surface area contributed by atoms with Crippen LogP contribution < -0.4 is 5.32 Å². The maximum Gasteiger partial charge on any atom is 0.339 e. The lowest BCUT2D eigenvalue weighted by Gasteiger charge is -2.08. The van der Waals surface area contributed by atoms with Crippen LogP contribution in [0.15, 0.2) is 36.5 Å². The van der Waals surface area contributed by atoms with Gasteiger partial charge in [0.25, 0.3) is 0 Å². The molecule has 1 aromatic heterocycles. The summed E-state index contributed by atoms with van der Waals surface area (Å²) >= 11 is 0. The minimum absolute atomic E-state index is 0.0403. The van der Waals surface area contributed by atoms with Crippen molar-refractivity contribution in [3.63, 3.8) is 0 Å². The molecule has 18 heavy (non-hydrogen) atoms. The molecule has 1 aromatic carbocycles. The predicted molar refractivity (Wildman–Crippen MR) is 65.6 cm³/mol. The van der Waals surface area contributed by atoms with Crippen molar-refractivity contribution in [1.29, 1.82) is 0 Å². The number of halogens is 1. The molecule has 4 nitrogen and oxygen atoms in total. The Kier molecular flexibility index (Phi) is 3.23. The van der Waals surface area contributed by atoms with Crippen LogP contribution >= 0.6 is 0 Å². The molecule has 92 valence electrons. The molecule has 0 spiro atoms. The molecule has 0 bridgehead atoms. The molecule has 0 unspecified atom stereocenters. The number of carboxylic acids is 1. The van der Waals surface area contributed by atoms with E-state index in [1.165, 1.54) is 24.4 Å². The first-order valence-corrected chi connectivity index (χ1v) is 5.29. The van der Waals surface area contributed by atoms with Crippen LogP contribution in [-0.2, 0) is 0 Å². The number of carbonyl (C=O) groups is 1. The van der Waals surface area contributed by atoms with Crippen molar-refractivity contribution in [3.05, 3.63) is 53.5 Å². The highest BCUT2D eigenvalue weighted by atomic mass is 19.1. The quantitative estimate of drug-likeness (QED) is 0.874. The normalized spacial score (nSPS) is 10.1. The topological polar surface area (TPSA) is 62.2 Å². The number of rotatable bonds is 3. The van der Waals surface area contributed by atoms with Crippen LogP contribution in [0.1, 0.15) is 15.9 Å². The van der Waals surface area contributed by atoms with Gasteiger partial charge in [-0.15, -0.1) is 0 Å². The molecule has 0 saturated heterocycles. The lowest BCUT2D eigenvalue weighted by Crippen LogP contribution is -2.04. The van der Waals surface area contributed by atoms with E-state index in [9.17, 15) is 9.18 Å². The average Bonchev–Trinajstić information content (AvgIpc) is 2.34. The van der Waals surface area contributed by atoms with Gasteiger partial charge in [0.1, 0.15) is 17.2 Å². The fraction of sp³-hybridized carbons (Fsp3) is 0.0769. The zero-order chi connectivity index (χ0) is 13.1. The van der Waals surface area contributed by atoms with E-state index in [-0.39, 0.29) is 17.2 Å². The fourth-order valence-electron chi connectivity index (χ4n) is 1.48. The standard InChI is InChI=1S/C13H11FN2O2/c1-8-4-5-9(7-11(8)14)16-12-10(13(17)18)3-2-6-15-12/h2-7H,1H3,(H,15,16)(H,17,18). The third kappa shape index (κ3) is 2.45. The molecule has 0 aliphatic rings. The summed E-state index contributed by atoms with van der Waals surface area (Å²) in [6.45, 7) is 1.66. The maximum atomic E-state index is 13.4. The summed E-state index contributed by atoms with van der Waals surface area (Å²) in [7, 11) is 0. The number of hydrogen-bond acceptors (Lipinski definition) is 3. The number of carboxylic acid groups (broad SMARTS) is 1. The molecular weight excluding hydrogens is 235 g/mol. The van der Waals surface area contributed by atoms with Crippen LogP contribution in [-0.4, -0.2) is 16.1 Å². The molecule has 0 fully saturated rings. The van der Waals surface area contributed by atoms with Crippen LogP contribution in [0.5, 0.6) is 0 Å². The van der Waals surface area contributed by atoms with E-state index in [0.29, 0.717) is 11.3 Å². The van der Waals surface area contributed by atoms with Gasteiger partial charge in [-0.25, -0.2) is 14.2 Å². The summed E-state index contributed by atoms with van der Waals surface area (Å²) in [6, 6.07) is 7.54. The van der Waals surface area contributed by atoms with Gasteiger partial charge in [-0.05, 0) is 36.8 Å². The summed E-state index contributed by atoms with van der Waals surface area (Å²) in [6.07, 6.45) is 1.47. The molecule has 1 heterocycles. The van der Waals surface area contributed by atoms with Crippen LogP contribution in [0.3, 0.4) is 0 Å².